The molecule has 0 aliphatic carbocycles. The van der Waals surface area contributed by atoms with E-state index >= 15 is 0 Å². The van der Waals surface area contributed by atoms with Crippen LogP contribution in [0.4, 0.5) is 4.39 Å². The highest BCUT2D eigenvalue weighted by atomic mass is 32.2. The van der Waals surface area contributed by atoms with E-state index in [1.807, 2.05) is 27.7 Å². The van der Waals surface area contributed by atoms with Crippen LogP contribution in [0.15, 0.2) is 53.4 Å². The first-order chi connectivity index (χ1) is 14.0. The first kappa shape index (κ1) is 22.4. The van der Waals surface area contributed by atoms with E-state index in [-0.39, 0.29) is 29.2 Å². The lowest BCUT2D eigenvalue weighted by Crippen LogP contribution is -2.46. The number of rotatable bonds is 5. The normalized spacial score (nSPS) is 20.3. The molecule has 2 aromatic carbocycles. The van der Waals surface area contributed by atoms with Gasteiger partial charge in [0, 0.05) is 18.0 Å². The lowest BCUT2D eigenvalue weighted by atomic mass is 9.95. The Bertz CT molecular complexity index is 996. The fourth-order valence-electron chi connectivity index (χ4n) is 3.72. The standard InChI is InChI=1S/C23H29FN2O3S/c1-16-5-12-20(13-6-16)30(28,29)26-19(15-25-22(27)23(2,3)4)11-14-21(26)17-7-9-18(24)10-8-17/h5-10,12-13,19,21H,11,14-15H2,1-4H3,(H,25,27). The van der Waals surface area contributed by atoms with E-state index in [0.29, 0.717) is 12.8 Å². The maximum Gasteiger partial charge on any atom is 0.243 e. The second kappa shape index (κ2) is 8.47. The van der Waals surface area contributed by atoms with Crippen molar-refractivity contribution >= 4 is 15.9 Å². The van der Waals surface area contributed by atoms with Crippen LogP contribution in [0.3, 0.4) is 0 Å². The van der Waals surface area contributed by atoms with E-state index in [1.165, 1.54) is 16.4 Å². The Morgan fingerprint density at radius 1 is 1.07 bits per heavy atom. The zero-order valence-electron chi connectivity index (χ0n) is 17.9. The predicted octanol–water partition coefficient (Wildman–Crippen LogP) is 4.19. The van der Waals surface area contributed by atoms with Crippen LogP contribution in [0.5, 0.6) is 0 Å². The molecule has 0 aromatic heterocycles. The van der Waals surface area contributed by atoms with Crippen molar-refractivity contribution in [2.45, 2.75) is 57.5 Å². The van der Waals surface area contributed by atoms with Crippen molar-refractivity contribution in [1.82, 2.24) is 9.62 Å². The monoisotopic (exact) mass is 432 g/mol. The van der Waals surface area contributed by atoms with Gasteiger partial charge < -0.3 is 5.32 Å². The molecule has 7 heteroatoms. The van der Waals surface area contributed by atoms with Crippen molar-refractivity contribution in [2.75, 3.05) is 6.54 Å². The molecular weight excluding hydrogens is 403 g/mol. The number of nitrogens with one attached hydrogen (secondary N) is 1. The van der Waals surface area contributed by atoms with Gasteiger partial charge in [0.1, 0.15) is 5.82 Å². The van der Waals surface area contributed by atoms with Crippen molar-refractivity contribution < 1.29 is 17.6 Å². The van der Waals surface area contributed by atoms with Crippen molar-refractivity contribution in [3.8, 4) is 0 Å². The summed E-state index contributed by atoms with van der Waals surface area (Å²) in [5.41, 5.74) is 1.16. The minimum atomic E-state index is -3.81. The second-order valence-corrected chi connectivity index (χ2v) is 10.7. The molecule has 1 amide bonds. The third-order valence-electron chi connectivity index (χ3n) is 5.47. The average molecular weight is 433 g/mol. The van der Waals surface area contributed by atoms with Gasteiger partial charge in [-0.25, -0.2) is 12.8 Å². The van der Waals surface area contributed by atoms with Gasteiger partial charge in [-0.3, -0.25) is 4.79 Å². The number of benzene rings is 2. The zero-order chi connectivity index (χ0) is 22.1. The molecule has 1 aliphatic rings. The molecule has 0 spiro atoms. The van der Waals surface area contributed by atoms with Gasteiger partial charge in [-0.15, -0.1) is 0 Å². The minimum Gasteiger partial charge on any atom is -0.354 e. The Morgan fingerprint density at radius 3 is 2.23 bits per heavy atom. The molecule has 5 nitrogen and oxygen atoms in total. The Kier molecular flexibility index (Phi) is 6.34. The van der Waals surface area contributed by atoms with Gasteiger partial charge in [0.25, 0.3) is 0 Å². The summed E-state index contributed by atoms with van der Waals surface area (Å²) < 4.78 is 42.1. The van der Waals surface area contributed by atoms with Crippen molar-refractivity contribution in [3.05, 3.63) is 65.5 Å². The zero-order valence-corrected chi connectivity index (χ0v) is 18.7. The molecule has 1 aliphatic heterocycles. The molecule has 3 rings (SSSR count). The SMILES string of the molecule is Cc1ccc(S(=O)(=O)N2C(CNC(=O)C(C)(C)C)CCC2c2ccc(F)cc2)cc1. The average Bonchev–Trinajstić information content (AvgIpc) is 3.11. The van der Waals surface area contributed by atoms with Crippen LogP contribution in [-0.4, -0.2) is 31.2 Å². The summed E-state index contributed by atoms with van der Waals surface area (Å²) >= 11 is 0. The Balaban J connectivity index is 1.95. The van der Waals surface area contributed by atoms with E-state index in [9.17, 15) is 17.6 Å². The Labute approximate surface area is 178 Å². The van der Waals surface area contributed by atoms with Crippen molar-refractivity contribution in [2.24, 2.45) is 5.41 Å². The number of halogens is 1. The van der Waals surface area contributed by atoms with E-state index in [1.54, 1.807) is 36.4 Å². The van der Waals surface area contributed by atoms with Gasteiger partial charge >= 0.3 is 0 Å². The topological polar surface area (TPSA) is 66.5 Å². The first-order valence-electron chi connectivity index (χ1n) is 10.1. The molecule has 2 aromatic rings. The fourth-order valence-corrected chi connectivity index (χ4v) is 5.58. The number of hydrogen-bond acceptors (Lipinski definition) is 3. The number of amides is 1. The van der Waals surface area contributed by atoms with E-state index in [4.69, 9.17) is 0 Å². The third-order valence-corrected chi connectivity index (χ3v) is 7.45. The van der Waals surface area contributed by atoms with Crippen LogP contribution in [0.2, 0.25) is 0 Å². The number of carbonyl (C=O) groups excluding carboxylic acids is 1. The minimum absolute atomic E-state index is 0.125. The summed E-state index contributed by atoms with van der Waals surface area (Å²) in [5.74, 6) is -0.487. The summed E-state index contributed by atoms with van der Waals surface area (Å²) in [6.45, 7) is 7.59. The van der Waals surface area contributed by atoms with Crippen LogP contribution < -0.4 is 5.32 Å². The van der Waals surface area contributed by atoms with E-state index in [2.05, 4.69) is 5.32 Å². The first-order valence-corrected chi connectivity index (χ1v) is 11.6. The van der Waals surface area contributed by atoms with Gasteiger partial charge in [-0.05, 0) is 49.6 Å². The number of sulfonamides is 1. The Hall–Kier alpha value is -2.25. The van der Waals surface area contributed by atoms with Gasteiger partial charge in [-0.1, -0.05) is 50.6 Å². The van der Waals surface area contributed by atoms with Gasteiger partial charge in [0.15, 0.2) is 0 Å². The maximum atomic E-state index is 13.6. The van der Waals surface area contributed by atoms with Gasteiger partial charge in [0.2, 0.25) is 15.9 Å². The Morgan fingerprint density at radius 2 is 1.67 bits per heavy atom. The van der Waals surface area contributed by atoms with Crippen LogP contribution in [0, 0.1) is 18.2 Å². The number of nitrogens with zero attached hydrogens (tertiary/aromatic N) is 1. The highest BCUT2D eigenvalue weighted by Gasteiger charge is 2.43. The van der Waals surface area contributed by atoms with E-state index < -0.39 is 21.5 Å². The summed E-state index contributed by atoms with van der Waals surface area (Å²) in [6.07, 6.45) is 1.21. The molecule has 0 radical (unpaired) electrons. The van der Waals surface area contributed by atoms with Crippen LogP contribution >= 0.6 is 0 Å². The van der Waals surface area contributed by atoms with Crippen molar-refractivity contribution in [3.63, 3.8) is 0 Å². The second-order valence-electron chi connectivity index (χ2n) is 8.91. The lowest BCUT2D eigenvalue weighted by molar-refractivity contribution is -0.128. The quantitative estimate of drug-likeness (QED) is 0.770. The molecular formula is C23H29FN2O3S. The van der Waals surface area contributed by atoms with Crippen LogP contribution in [-0.2, 0) is 14.8 Å². The molecule has 30 heavy (non-hydrogen) atoms. The van der Waals surface area contributed by atoms with E-state index in [0.717, 1.165) is 11.1 Å². The highest BCUT2D eigenvalue weighted by molar-refractivity contribution is 7.89. The van der Waals surface area contributed by atoms with Gasteiger partial charge in [0.05, 0.1) is 10.9 Å². The summed E-state index contributed by atoms with van der Waals surface area (Å²) in [6, 6.07) is 11.9. The molecule has 162 valence electrons. The summed E-state index contributed by atoms with van der Waals surface area (Å²) in [5, 5.41) is 2.90. The number of aryl methyl sites for hydroxylation is 1. The smallest absolute Gasteiger partial charge is 0.243 e. The number of hydrogen-bond donors (Lipinski definition) is 1. The summed E-state index contributed by atoms with van der Waals surface area (Å²) in [7, 11) is -3.81. The molecule has 2 unspecified atom stereocenters. The lowest BCUT2D eigenvalue weighted by Gasteiger charge is -2.30. The molecule has 1 N–H and O–H groups in total. The summed E-state index contributed by atoms with van der Waals surface area (Å²) in [4.78, 5) is 12.6. The van der Waals surface area contributed by atoms with Crippen molar-refractivity contribution in [1.29, 1.82) is 0 Å². The number of carbonyl (C=O) groups is 1. The molecule has 0 bridgehead atoms. The molecule has 2 atom stereocenters. The molecule has 1 saturated heterocycles. The van der Waals surface area contributed by atoms with Crippen LogP contribution in [0.1, 0.15) is 50.8 Å². The highest BCUT2D eigenvalue weighted by Crippen LogP contribution is 2.40. The third kappa shape index (κ3) is 4.73. The van der Waals surface area contributed by atoms with Crippen LogP contribution in [0.25, 0.3) is 0 Å². The fraction of sp³-hybridized carbons (Fsp3) is 0.435. The molecule has 1 heterocycles. The maximum absolute atomic E-state index is 13.6. The predicted molar refractivity (Wildman–Crippen MR) is 115 cm³/mol. The largest absolute Gasteiger partial charge is 0.354 e. The van der Waals surface area contributed by atoms with Gasteiger partial charge in [-0.2, -0.15) is 4.31 Å². The molecule has 0 saturated carbocycles. The molecule has 1 fully saturated rings.